The van der Waals surface area contributed by atoms with Crippen molar-refractivity contribution < 1.29 is 9.90 Å². The summed E-state index contributed by atoms with van der Waals surface area (Å²) in [4.78, 5) is 13.9. The Morgan fingerprint density at radius 2 is 2.24 bits per heavy atom. The zero-order valence-corrected chi connectivity index (χ0v) is 12.2. The molecule has 1 aromatic carbocycles. The molecule has 0 saturated carbocycles. The minimum atomic E-state index is -0.376. The number of hydrogen-bond donors (Lipinski definition) is 2. The average molecular weight is 287 g/mol. The van der Waals surface area contributed by atoms with Gasteiger partial charge in [0.1, 0.15) is 0 Å². The lowest BCUT2D eigenvalue weighted by atomic mass is 9.94. The lowest BCUT2D eigenvalue weighted by Crippen LogP contribution is -2.47. The summed E-state index contributed by atoms with van der Waals surface area (Å²) in [6, 6.07) is 9.14. The van der Waals surface area contributed by atoms with E-state index in [-0.39, 0.29) is 18.1 Å². The molecule has 0 aromatic heterocycles. The lowest BCUT2D eigenvalue weighted by molar-refractivity contribution is 0.0738. The van der Waals surface area contributed by atoms with Gasteiger partial charge >= 0.3 is 6.03 Å². The van der Waals surface area contributed by atoms with E-state index in [2.05, 4.69) is 11.4 Å². The number of nitrogens with one attached hydrogen (secondary N) is 1. The standard InChI is InChI=1S/C16H21N3O2/c1-12(20)15-3-2-8-19(11-15)16(21)18-10-14-6-4-13(9-17)5-7-14/h4-7,12,15,20H,2-3,8,10-11H2,1H3,(H,18,21). The molecule has 1 saturated heterocycles. The Labute approximate surface area is 125 Å². The van der Waals surface area contributed by atoms with Gasteiger partial charge in [-0.15, -0.1) is 0 Å². The van der Waals surface area contributed by atoms with Crippen LogP contribution in [0.4, 0.5) is 4.79 Å². The first kappa shape index (κ1) is 15.3. The Morgan fingerprint density at radius 3 is 2.86 bits per heavy atom. The quantitative estimate of drug-likeness (QED) is 0.891. The Balaban J connectivity index is 1.85. The van der Waals surface area contributed by atoms with Crippen molar-refractivity contribution in [1.29, 1.82) is 5.26 Å². The number of aliphatic hydroxyl groups excluding tert-OH is 1. The average Bonchev–Trinajstić information content (AvgIpc) is 2.53. The van der Waals surface area contributed by atoms with Gasteiger partial charge in [-0.2, -0.15) is 5.26 Å². The van der Waals surface area contributed by atoms with E-state index in [4.69, 9.17) is 5.26 Å². The van der Waals surface area contributed by atoms with Crippen LogP contribution in [0, 0.1) is 17.2 Å². The van der Waals surface area contributed by atoms with Gasteiger partial charge in [0, 0.05) is 25.6 Å². The van der Waals surface area contributed by atoms with Crippen LogP contribution in [0.3, 0.4) is 0 Å². The molecule has 2 amide bonds. The molecule has 5 nitrogen and oxygen atoms in total. The van der Waals surface area contributed by atoms with Gasteiger partial charge in [0.15, 0.2) is 0 Å². The van der Waals surface area contributed by atoms with Crippen LogP contribution >= 0.6 is 0 Å². The molecule has 1 aromatic rings. The van der Waals surface area contributed by atoms with Gasteiger partial charge in [-0.3, -0.25) is 0 Å². The molecule has 2 N–H and O–H groups in total. The van der Waals surface area contributed by atoms with Crippen LogP contribution in [0.15, 0.2) is 24.3 Å². The third-order valence-corrected chi connectivity index (χ3v) is 3.95. The molecule has 1 fully saturated rings. The minimum Gasteiger partial charge on any atom is -0.393 e. The predicted molar refractivity (Wildman–Crippen MR) is 79.4 cm³/mol. The number of nitriles is 1. The molecular formula is C16H21N3O2. The monoisotopic (exact) mass is 287 g/mol. The first-order chi connectivity index (χ1) is 10.1. The lowest BCUT2D eigenvalue weighted by Gasteiger charge is -2.34. The molecule has 0 aliphatic carbocycles. The maximum Gasteiger partial charge on any atom is 0.317 e. The number of hydrogen-bond acceptors (Lipinski definition) is 3. The van der Waals surface area contributed by atoms with Gasteiger partial charge in [-0.05, 0) is 37.5 Å². The molecule has 112 valence electrons. The number of likely N-dealkylation sites (tertiary alicyclic amines) is 1. The predicted octanol–water partition coefficient (Wildman–Crippen LogP) is 1.86. The first-order valence-electron chi connectivity index (χ1n) is 7.30. The van der Waals surface area contributed by atoms with E-state index in [1.165, 1.54) is 0 Å². The van der Waals surface area contributed by atoms with Crippen molar-refractivity contribution in [2.45, 2.75) is 32.4 Å². The fourth-order valence-electron chi connectivity index (χ4n) is 2.57. The SMILES string of the molecule is CC(O)C1CCCN(C(=O)NCc2ccc(C#N)cc2)C1. The zero-order valence-electron chi connectivity index (χ0n) is 12.2. The van der Waals surface area contributed by atoms with Gasteiger partial charge in [-0.1, -0.05) is 12.1 Å². The third kappa shape index (κ3) is 4.20. The summed E-state index contributed by atoms with van der Waals surface area (Å²) >= 11 is 0. The van der Waals surface area contributed by atoms with E-state index in [9.17, 15) is 9.90 Å². The molecule has 1 aliphatic heterocycles. The summed E-state index contributed by atoms with van der Waals surface area (Å²) in [5.74, 6) is 0.166. The number of rotatable bonds is 3. The van der Waals surface area contributed by atoms with Crippen LogP contribution in [-0.4, -0.2) is 35.2 Å². The van der Waals surface area contributed by atoms with Crippen LogP contribution < -0.4 is 5.32 Å². The Hall–Kier alpha value is -2.06. The molecular weight excluding hydrogens is 266 g/mol. The largest absolute Gasteiger partial charge is 0.393 e. The Bertz CT molecular complexity index is 519. The van der Waals surface area contributed by atoms with Crippen LogP contribution in [0.5, 0.6) is 0 Å². The molecule has 21 heavy (non-hydrogen) atoms. The molecule has 0 spiro atoms. The highest BCUT2D eigenvalue weighted by molar-refractivity contribution is 5.74. The van der Waals surface area contributed by atoms with E-state index >= 15 is 0 Å². The second kappa shape index (κ2) is 7.09. The zero-order chi connectivity index (χ0) is 15.2. The van der Waals surface area contributed by atoms with E-state index in [0.29, 0.717) is 18.7 Å². The Morgan fingerprint density at radius 1 is 1.52 bits per heavy atom. The van der Waals surface area contributed by atoms with E-state index in [1.54, 1.807) is 24.0 Å². The summed E-state index contributed by atoms with van der Waals surface area (Å²) in [6.07, 6.45) is 1.52. The molecule has 0 bridgehead atoms. The number of nitrogens with zero attached hydrogens (tertiary/aromatic N) is 2. The summed E-state index contributed by atoms with van der Waals surface area (Å²) in [6.45, 7) is 3.57. The van der Waals surface area contributed by atoms with Crippen LogP contribution in [0.1, 0.15) is 30.9 Å². The fraction of sp³-hybridized carbons (Fsp3) is 0.500. The van der Waals surface area contributed by atoms with Gasteiger partial charge in [0.25, 0.3) is 0 Å². The van der Waals surface area contributed by atoms with Crippen molar-refractivity contribution in [3.63, 3.8) is 0 Å². The molecule has 5 heteroatoms. The Kier molecular flexibility index (Phi) is 5.18. The van der Waals surface area contributed by atoms with Crippen molar-refractivity contribution in [1.82, 2.24) is 10.2 Å². The maximum atomic E-state index is 12.1. The molecule has 2 atom stereocenters. The molecule has 1 heterocycles. The van der Waals surface area contributed by atoms with E-state index in [0.717, 1.165) is 24.9 Å². The van der Waals surface area contributed by atoms with Crippen molar-refractivity contribution in [2.24, 2.45) is 5.92 Å². The second-order valence-corrected chi connectivity index (χ2v) is 5.56. The number of piperidine rings is 1. The van der Waals surface area contributed by atoms with Crippen LogP contribution in [0.25, 0.3) is 0 Å². The minimum absolute atomic E-state index is 0.0929. The second-order valence-electron chi connectivity index (χ2n) is 5.56. The molecule has 1 aliphatic rings. The summed E-state index contributed by atoms with van der Waals surface area (Å²) in [5.41, 5.74) is 1.58. The molecule has 2 rings (SSSR count). The third-order valence-electron chi connectivity index (χ3n) is 3.95. The number of benzene rings is 1. The number of urea groups is 1. The van der Waals surface area contributed by atoms with Crippen LogP contribution in [-0.2, 0) is 6.54 Å². The van der Waals surface area contributed by atoms with Crippen molar-refractivity contribution >= 4 is 6.03 Å². The van der Waals surface area contributed by atoms with Gasteiger partial charge < -0.3 is 15.3 Å². The fourth-order valence-corrected chi connectivity index (χ4v) is 2.57. The van der Waals surface area contributed by atoms with Crippen molar-refractivity contribution in [3.05, 3.63) is 35.4 Å². The van der Waals surface area contributed by atoms with Crippen molar-refractivity contribution in [2.75, 3.05) is 13.1 Å². The highest BCUT2D eigenvalue weighted by Crippen LogP contribution is 2.19. The topological polar surface area (TPSA) is 76.4 Å². The van der Waals surface area contributed by atoms with Gasteiger partial charge in [-0.25, -0.2) is 4.79 Å². The maximum absolute atomic E-state index is 12.1. The smallest absolute Gasteiger partial charge is 0.317 e. The van der Waals surface area contributed by atoms with Gasteiger partial charge in [0.2, 0.25) is 0 Å². The van der Waals surface area contributed by atoms with E-state index < -0.39 is 0 Å². The highest BCUT2D eigenvalue weighted by Gasteiger charge is 2.26. The van der Waals surface area contributed by atoms with Crippen LogP contribution in [0.2, 0.25) is 0 Å². The number of carbonyl (C=O) groups excluding carboxylic acids is 1. The summed E-state index contributed by atoms with van der Waals surface area (Å²) < 4.78 is 0. The van der Waals surface area contributed by atoms with Gasteiger partial charge in [0.05, 0.1) is 17.7 Å². The first-order valence-corrected chi connectivity index (χ1v) is 7.30. The van der Waals surface area contributed by atoms with Crippen molar-refractivity contribution in [3.8, 4) is 6.07 Å². The highest BCUT2D eigenvalue weighted by atomic mass is 16.3. The molecule has 0 radical (unpaired) electrons. The summed E-state index contributed by atoms with van der Waals surface area (Å²) in [7, 11) is 0. The number of amides is 2. The molecule has 2 unspecified atom stereocenters. The van der Waals surface area contributed by atoms with E-state index in [1.807, 2.05) is 12.1 Å². The normalized spacial score (nSPS) is 19.7. The summed E-state index contributed by atoms with van der Waals surface area (Å²) in [5, 5.41) is 21.3. The number of aliphatic hydroxyl groups is 1. The number of carbonyl (C=O) groups is 1.